The van der Waals surface area contributed by atoms with Crippen molar-refractivity contribution in [2.75, 3.05) is 32.1 Å². The van der Waals surface area contributed by atoms with Crippen molar-refractivity contribution >= 4 is 15.7 Å². The van der Waals surface area contributed by atoms with Crippen LogP contribution in [0.5, 0.6) is 0 Å². The van der Waals surface area contributed by atoms with Gasteiger partial charge in [0.25, 0.3) is 0 Å². The van der Waals surface area contributed by atoms with E-state index in [2.05, 4.69) is 10.0 Å². The number of hydrogen-bond acceptors (Lipinski definition) is 4. The fourth-order valence-electron chi connectivity index (χ4n) is 2.12. The number of hydrogen-bond donors (Lipinski definition) is 2. The van der Waals surface area contributed by atoms with Crippen LogP contribution < -0.4 is 10.0 Å². The van der Waals surface area contributed by atoms with E-state index in [9.17, 15) is 8.42 Å². The Bertz CT molecular complexity index is 529. The van der Waals surface area contributed by atoms with Gasteiger partial charge < -0.3 is 10.1 Å². The average molecular weight is 284 g/mol. The van der Waals surface area contributed by atoms with Gasteiger partial charge in [-0.25, -0.2) is 13.1 Å². The summed E-state index contributed by atoms with van der Waals surface area (Å²) in [6.07, 6.45) is 2.63. The van der Waals surface area contributed by atoms with E-state index in [4.69, 9.17) is 4.74 Å². The molecule has 6 heteroatoms. The van der Waals surface area contributed by atoms with Gasteiger partial charge in [0.05, 0.1) is 4.90 Å². The third-order valence-electron chi connectivity index (χ3n) is 3.14. The zero-order valence-electron chi connectivity index (χ0n) is 11.1. The summed E-state index contributed by atoms with van der Waals surface area (Å²) in [6.45, 7) is 1.90. The fourth-order valence-corrected chi connectivity index (χ4v) is 3.25. The minimum Gasteiger partial charge on any atom is -0.385 e. The first-order chi connectivity index (χ1) is 9.13. The highest BCUT2D eigenvalue weighted by Gasteiger charge is 2.16. The maximum absolute atomic E-state index is 12.1. The summed E-state index contributed by atoms with van der Waals surface area (Å²) in [4.78, 5) is 0.340. The van der Waals surface area contributed by atoms with Crippen LogP contribution in [0.1, 0.15) is 18.4 Å². The van der Waals surface area contributed by atoms with Gasteiger partial charge in [0.2, 0.25) is 10.0 Å². The predicted octanol–water partition coefficient (Wildman–Crippen LogP) is 1.36. The van der Waals surface area contributed by atoms with Gasteiger partial charge in [0.1, 0.15) is 0 Å². The van der Waals surface area contributed by atoms with Gasteiger partial charge in [-0.05, 0) is 43.0 Å². The summed E-state index contributed by atoms with van der Waals surface area (Å²) in [5.74, 6) is 0. The molecular weight excluding hydrogens is 264 g/mol. The van der Waals surface area contributed by atoms with Crippen LogP contribution in [0.25, 0.3) is 0 Å². The highest BCUT2D eigenvalue weighted by Crippen LogP contribution is 2.24. The number of methoxy groups -OCH3 is 1. The molecule has 0 atom stereocenters. The van der Waals surface area contributed by atoms with Crippen molar-refractivity contribution in [1.29, 1.82) is 0 Å². The van der Waals surface area contributed by atoms with Crippen molar-refractivity contribution in [1.82, 2.24) is 4.72 Å². The van der Waals surface area contributed by atoms with E-state index in [-0.39, 0.29) is 0 Å². The molecular formula is C13H20N2O3S. The third-order valence-corrected chi connectivity index (χ3v) is 4.60. The van der Waals surface area contributed by atoms with E-state index in [1.54, 1.807) is 19.2 Å². The Kier molecular flexibility index (Phi) is 4.79. The molecule has 1 aliphatic heterocycles. The summed E-state index contributed by atoms with van der Waals surface area (Å²) in [7, 11) is -1.81. The quantitative estimate of drug-likeness (QED) is 0.774. The monoisotopic (exact) mass is 284 g/mol. The van der Waals surface area contributed by atoms with Crippen LogP contribution in [-0.4, -0.2) is 35.2 Å². The standard InChI is InChI=1S/C13H20N2O3S/c1-18-9-3-8-15-19(16,17)12-5-6-13-11(10-12)4-2-7-14-13/h5-6,10,14-15H,2-4,7-9H2,1H3. The molecule has 19 heavy (non-hydrogen) atoms. The third kappa shape index (κ3) is 3.68. The average Bonchev–Trinajstić information content (AvgIpc) is 2.43. The van der Waals surface area contributed by atoms with Crippen LogP contribution in [0, 0.1) is 0 Å². The molecule has 2 rings (SSSR count). The van der Waals surface area contributed by atoms with Gasteiger partial charge in [-0.2, -0.15) is 0 Å². The molecule has 1 aliphatic rings. The molecule has 1 aromatic rings. The molecule has 106 valence electrons. The molecule has 0 aliphatic carbocycles. The van der Waals surface area contributed by atoms with Crippen LogP contribution in [0.2, 0.25) is 0 Å². The molecule has 0 saturated heterocycles. The Balaban J connectivity index is 2.07. The van der Waals surface area contributed by atoms with E-state index in [0.29, 0.717) is 24.5 Å². The lowest BCUT2D eigenvalue weighted by molar-refractivity contribution is 0.196. The van der Waals surface area contributed by atoms with Gasteiger partial charge in [-0.1, -0.05) is 0 Å². The van der Waals surface area contributed by atoms with E-state index < -0.39 is 10.0 Å². The lowest BCUT2D eigenvalue weighted by atomic mass is 10.0. The molecule has 0 bridgehead atoms. The Labute approximate surface area is 114 Å². The lowest BCUT2D eigenvalue weighted by Crippen LogP contribution is -2.26. The number of benzene rings is 1. The number of sulfonamides is 1. The maximum Gasteiger partial charge on any atom is 0.240 e. The van der Waals surface area contributed by atoms with Crippen LogP contribution in [0.15, 0.2) is 23.1 Å². The SMILES string of the molecule is COCCCNS(=O)(=O)c1ccc2c(c1)CCCN2. The first-order valence-corrected chi connectivity index (χ1v) is 7.97. The zero-order valence-corrected chi connectivity index (χ0v) is 11.9. The summed E-state index contributed by atoms with van der Waals surface area (Å²) in [5, 5.41) is 3.27. The Hall–Kier alpha value is -1.11. The largest absolute Gasteiger partial charge is 0.385 e. The van der Waals surface area contributed by atoms with Crippen LogP contribution in [0.3, 0.4) is 0 Å². The maximum atomic E-state index is 12.1. The Morgan fingerprint density at radius 2 is 2.26 bits per heavy atom. The van der Waals surface area contributed by atoms with Gasteiger partial charge in [-0.3, -0.25) is 0 Å². The topological polar surface area (TPSA) is 67.4 Å². The Morgan fingerprint density at radius 1 is 1.42 bits per heavy atom. The highest BCUT2D eigenvalue weighted by atomic mass is 32.2. The number of fused-ring (bicyclic) bond motifs is 1. The van der Waals surface area contributed by atoms with Crippen molar-refractivity contribution in [2.45, 2.75) is 24.2 Å². The number of ether oxygens (including phenoxy) is 1. The lowest BCUT2D eigenvalue weighted by Gasteiger charge is -2.18. The highest BCUT2D eigenvalue weighted by molar-refractivity contribution is 7.89. The van der Waals surface area contributed by atoms with E-state index in [0.717, 1.165) is 30.6 Å². The molecule has 1 aromatic carbocycles. The predicted molar refractivity (Wildman–Crippen MR) is 74.9 cm³/mol. The first kappa shape index (κ1) is 14.3. The van der Waals surface area contributed by atoms with Gasteiger partial charge in [0.15, 0.2) is 0 Å². The van der Waals surface area contributed by atoms with Gasteiger partial charge in [-0.15, -0.1) is 0 Å². The molecule has 0 aromatic heterocycles. The van der Waals surface area contributed by atoms with E-state index >= 15 is 0 Å². The molecule has 5 nitrogen and oxygen atoms in total. The van der Waals surface area contributed by atoms with E-state index in [1.807, 2.05) is 6.07 Å². The second-order valence-electron chi connectivity index (χ2n) is 4.59. The molecule has 0 radical (unpaired) electrons. The number of anilines is 1. The molecule has 0 saturated carbocycles. The van der Waals surface area contributed by atoms with Crippen molar-refractivity contribution < 1.29 is 13.2 Å². The normalized spacial score (nSPS) is 14.8. The molecule has 0 fully saturated rings. The van der Waals surface area contributed by atoms with Crippen molar-refractivity contribution in [3.05, 3.63) is 23.8 Å². The molecule has 0 amide bonds. The zero-order chi connectivity index (χ0) is 13.7. The Morgan fingerprint density at radius 3 is 3.05 bits per heavy atom. The van der Waals surface area contributed by atoms with Crippen molar-refractivity contribution in [2.24, 2.45) is 0 Å². The first-order valence-electron chi connectivity index (χ1n) is 6.49. The van der Waals surface area contributed by atoms with Crippen LogP contribution in [0.4, 0.5) is 5.69 Å². The fraction of sp³-hybridized carbons (Fsp3) is 0.538. The van der Waals surface area contributed by atoms with Crippen LogP contribution in [-0.2, 0) is 21.2 Å². The van der Waals surface area contributed by atoms with Gasteiger partial charge in [0, 0.05) is 32.5 Å². The summed E-state index contributed by atoms with van der Waals surface area (Å²) >= 11 is 0. The summed E-state index contributed by atoms with van der Waals surface area (Å²) in [6, 6.07) is 5.26. The molecule has 2 N–H and O–H groups in total. The van der Waals surface area contributed by atoms with E-state index in [1.165, 1.54) is 0 Å². The minimum atomic E-state index is -3.41. The number of nitrogens with one attached hydrogen (secondary N) is 2. The van der Waals surface area contributed by atoms with Gasteiger partial charge >= 0.3 is 0 Å². The summed E-state index contributed by atoms with van der Waals surface area (Å²) < 4.78 is 31.7. The second-order valence-corrected chi connectivity index (χ2v) is 6.36. The smallest absolute Gasteiger partial charge is 0.240 e. The summed E-state index contributed by atoms with van der Waals surface area (Å²) in [5.41, 5.74) is 2.12. The minimum absolute atomic E-state index is 0.340. The molecule has 0 unspecified atom stereocenters. The van der Waals surface area contributed by atoms with Crippen LogP contribution >= 0.6 is 0 Å². The van der Waals surface area contributed by atoms with Crippen molar-refractivity contribution in [3.8, 4) is 0 Å². The molecule has 0 spiro atoms. The molecule has 1 heterocycles. The number of aryl methyl sites for hydroxylation is 1. The van der Waals surface area contributed by atoms with Crippen molar-refractivity contribution in [3.63, 3.8) is 0 Å². The number of rotatable bonds is 6. The second kappa shape index (κ2) is 6.36.